The van der Waals surface area contributed by atoms with Crippen LogP contribution >= 0.6 is 15.9 Å². The molecule has 24 heavy (non-hydrogen) atoms. The first-order chi connectivity index (χ1) is 11.3. The largest absolute Gasteiger partial charge is 0.496 e. The molecule has 1 atom stereocenters. The van der Waals surface area contributed by atoms with Crippen LogP contribution in [-0.2, 0) is 11.3 Å². The molecule has 6 nitrogen and oxygen atoms in total. The number of imide groups is 1. The number of rotatable bonds is 6. The molecule has 1 aromatic rings. The Morgan fingerprint density at radius 3 is 2.75 bits per heavy atom. The summed E-state index contributed by atoms with van der Waals surface area (Å²) in [5, 5.41) is 2.87. The Balaban J connectivity index is 1.69. The lowest BCUT2D eigenvalue weighted by Gasteiger charge is -2.25. The molecule has 1 aromatic carbocycles. The Morgan fingerprint density at radius 1 is 1.42 bits per heavy atom. The van der Waals surface area contributed by atoms with Crippen LogP contribution in [0.3, 0.4) is 0 Å². The van der Waals surface area contributed by atoms with Crippen LogP contribution in [0.4, 0.5) is 4.79 Å². The summed E-state index contributed by atoms with van der Waals surface area (Å²) in [6.07, 6.45) is 2.00. The SMILES string of the molecule is COc1ccc(Br)cc1CN(C)CN1C(=O)N[C@](C)(C2CC2)C1=O. The second-order valence-electron chi connectivity index (χ2n) is 6.75. The number of hydrogen-bond donors (Lipinski definition) is 1. The Labute approximate surface area is 150 Å². The minimum atomic E-state index is -0.731. The molecular formula is C17H22BrN3O3. The molecule has 1 N–H and O–H groups in total. The molecule has 3 rings (SSSR count). The van der Waals surface area contributed by atoms with Crippen molar-refractivity contribution in [3.63, 3.8) is 0 Å². The molecule has 0 spiro atoms. The highest BCUT2D eigenvalue weighted by Crippen LogP contribution is 2.42. The second kappa shape index (κ2) is 6.37. The van der Waals surface area contributed by atoms with Gasteiger partial charge in [-0.15, -0.1) is 0 Å². The summed E-state index contributed by atoms with van der Waals surface area (Å²) in [6, 6.07) is 5.49. The van der Waals surface area contributed by atoms with Gasteiger partial charge in [0.05, 0.1) is 13.8 Å². The van der Waals surface area contributed by atoms with E-state index in [2.05, 4.69) is 21.2 Å². The van der Waals surface area contributed by atoms with Gasteiger partial charge in [-0.3, -0.25) is 9.69 Å². The highest BCUT2D eigenvalue weighted by atomic mass is 79.9. The van der Waals surface area contributed by atoms with Gasteiger partial charge in [-0.1, -0.05) is 15.9 Å². The van der Waals surface area contributed by atoms with E-state index < -0.39 is 5.54 Å². The average Bonchev–Trinajstić information content (AvgIpc) is 3.34. The van der Waals surface area contributed by atoms with Crippen molar-refractivity contribution in [2.24, 2.45) is 5.92 Å². The van der Waals surface area contributed by atoms with E-state index in [1.165, 1.54) is 4.90 Å². The predicted molar refractivity (Wildman–Crippen MR) is 93.5 cm³/mol. The van der Waals surface area contributed by atoms with E-state index in [-0.39, 0.29) is 24.5 Å². The molecule has 1 aliphatic heterocycles. The van der Waals surface area contributed by atoms with E-state index in [4.69, 9.17) is 4.74 Å². The van der Waals surface area contributed by atoms with Crippen LogP contribution < -0.4 is 10.1 Å². The van der Waals surface area contributed by atoms with Gasteiger partial charge in [0.15, 0.2) is 0 Å². The molecule has 1 heterocycles. The summed E-state index contributed by atoms with van der Waals surface area (Å²) in [6.45, 7) is 2.66. The highest BCUT2D eigenvalue weighted by molar-refractivity contribution is 9.10. The smallest absolute Gasteiger partial charge is 0.326 e. The fourth-order valence-electron chi connectivity index (χ4n) is 3.23. The lowest BCUT2D eigenvalue weighted by Crippen LogP contribution is -2.46. The molecule has 0 bridgehead atoms. The quantitative estimate of drug-likeness (QED) is 0.751. The van der Waals surface area contributed by atoms with Gasteiger partial charge in [0.1, 0.15) is 11.3 Å². The van der Waals surface area contributed by atoms with Crippen LogP contribution in [0.2, 0.25) is 0 Å². The van der Waals surface area contributed by atoms with Gasteiger partial charge in [0.25, 0.3) is 5.91 Å². The summed E-state index contributed by atoms with van der Waals surface area (Å²) < 4.78 is 6.34. The third-order valence-corrected chi connectivity index (χ3v) is 5.25. The third-order valence-electron chi connectivity index (χ3n) is 4.76. The topological polar surface area (TPSA) is 61.9 Å². The molecule has 1 saturated carbocycles. The number of methoxy groups -OCH3 is 1. The van der Waals surface area contributed by atoms with Crippen molar-refractivity contribution in [1.82, 2.24) is 15.1 Å². The Bertz CT molecular complexity index is 677. The fraction of sp³-hybridized carbons (Fsp3) is 0.529. The van der Waals surface area contributed by atoms with Crippen molar-refractivity contribution in [2.75, 3.05) is 20.8 Å². The number of nitrogens with zero attached hydrogens (tertiary/aromatic N) is 2. The molecule has 1 aliphatic carbocycles. The minimum absolute atomic E-state index is 0.122. The van der Waals surface area contributed by atoms with Gasteiger partial charge in [-0.05, 0) is 50.9 Å². The normalized spacial score (nSPS) is 23.8. The number of hydrogen-bond acceptors (Lipinski definition) is 4. The van der Waals surface area contributed by atoms with Crippen LogP contribution in [-0.4, -0.2) is 48.1 Å². The standard InChI is InChI=1S/C17H22BrN3O3/c1-17(12-4-5-12)15(22)21(16(23)19-17)10-20(2)9-11-8-13(18)6-7-14(11)24-3/h6-8,12H,4-5,9-10H2,1-3H3,(H,19,23)/t17-/m1/s1. The van der Waals surface area contributed by atoms with Gasteiger partial charge in [0, 0.05) is 16.6 Å². The molecule has 2 aliphatic rings. The molecule has 2 fully saturated rings. The third kappa shape index (κ3) is 3.15. The Kier molecular flexibility index (Phi) is 4.57. The maximum Gasteiger partial charge on any atom is 0.326 e. The Hall–Kier alpha value is -1.60. The summed E-state index contributed by atoms with van der Waals surface area (Å²) in [7, 11) is 3.51. The maximum absolute atomic E-state index is 12.7. The van der Waals surface area contributed by atoms with E-state index in [9.17, 15) is 9.59 Å². The average molecular weight is 396 g/mol. The number of benzene rings is 1. The van der Waals surface area contributed by atoms with Gasteiger partial charge in [-0.2, -0.15) is 0 Å². The van der Waals surface area contributed by atoms with E-state index in [1.807, 2.05) is 37.1 Å². The van der Waals surface area contributed by atoms with E-state index in [1.54, 1.807) is 7.11 Å². The van der Waals surface area contributed by atoms with E-state index >= 15 is 0 Å². The van der Waals surface area contributed by atoms with Crippen molar-refractivity contribution in [3.8, 4) is 5.75 Å². The van der Waals surface area contributed by atoms with Crippen LogP contribution in [0.15, 0.2) is 22.7 Å². The zero-order chi connectivity index (χ0) is 17.5. The van der Waals surface area contributed by atoms with Crippen molar-refractivity contribution < 1.29 is 14.3 Å². The monoisotopic (exact) mass is 395 g/mol. The van der Waals surface area contributed by atoms with Crippen molar-refractivity contribution >= 4 is 27.9 Å². The molecule has 1 saturated heterocycles. The van der Waals surface area contributed by atoms with Crippen molar-refractivity contribution in [3.05, 3.63) is 28.2 Å². The molecule has 0 unspecified atom stereocenters. The van der Waals surface area contributed by atoms with Gasteiger partial charge >= 0.3 is 6.03 Å². The highest BCUT2D eigenvalue weighted by Gasteiger charge is 2.56. The van der Waals surface area contributed by atoms with Gasteiger partial charge in [0.2, 0.25) is 0 Å². The van der Waals surface area contributed by atoms with E-state index in [0.717, 1.165) is 28.6 Å². The number of urea groups is 1. The lowest BCUT2D eigenvalue weighted by molar-refractivity contribution is -0.132. The zero-order valence-electron chi connectivity index (χ0n) is 14.1. The first-order valence-electron chi connectivity index (χ1n) is 8.00. The second-order valence-corrected chi connectivity index (χ2v) is 7.67. The molecule has 3 amide bonds. The maximum atomic E-state index is 12.7. The lowest BCUT2D eigenvalue weighted by atomic mass is 9.96. The van der Waals surface area contributed by atoms with Crippen LogP contribution in [0.1, 0.15) is 25.3 Å². The minimum Gasteiger partial charge on any atom is -0.496 e. The Morgan fingerprint density at radius 2 is 2.12 bits per heavy atom. The van der Waals surface area contributed by atoms with Crippen LogP contribution in [0.25, 0.3) is 0 Å². The number of carbonyl (C=O) groups excluding carboxylic acids is 2. The fourth-order valence-corrected chi connectivity index (χ4v) is 3.64. The molecular weight excluding hydrogens is 374 g/mol. The molecule has 130 valence electrons. The van der Waals surface area contributed by atoms with Gasteiger partial charge in [-0.25, -0.2) is 9.69 Å². The van der Waals surface area contributed by atoms with Gasteiger partial charge < -0.3 is 10.1 Å². The van der Waals surface area contributed by atoms with Crippen molar-refractivity contribution in [2.45, 2.75) is 31.8 Å². The van der Waals surface area contributed by atoms with Crippen LogP contribution in [0, 0.1) is 5.92 Å². The summed E-state index contributed by atoms with van der Waals surface area (Å²) in [5.74, 6) is 0.933. The number of carbonyl (C=O) groups is 2. The van der Waals surface area contributed by atoms with Crippen LogP contribution in [0.5, 0.6) is 5.75 Å². The predicted octanol–water partition coefficient (Wildman–Crippen LogP) is 2.57. The number of halogens is 1. The summed E-state index contributed by atoms with van der Waals surface area (Å²) in [4.78, 5) is 28.1. The first kappa shape index (κ1) is 17.2. The number of amides is 3. The molecule has 0 radical (unpaired) electrons. The number of ether oxygens (including phenoxy) is 1. The number of nitrogens with one attached hydrogen (secondary N) is 1. The first-order valence-corrected chi connectivity index (χ1v) is 8.79. The summed E-state index contributed by atoms with van der Waals surface area (Å²) in [5.41, 5.74) is 0.261. The molecule has 0 aromatic heterocycles. The molecule has 7 heteroatoms. The van der Waals surface area contributed by atoms with E-state index in [0.29, 0.717) is 6.54 Å². The summed E-state index contributed by atoms with van der Waals surface area (Å²) >= 11 is 3.46. The van der Waals surface area contributed by atoms with Crippen molar-refractivity contribution in [1.29, 1.82) is 0 Å². The zero-order valence-corrected chi connectivity index (χ0v) is 15.7.